The molecule has 3 aromatic rings. The summed E-state index contributed by atoms with van der Waals surface area (Å²) >= 11 is 6.55. The quantitative estimate of drug-likeness (QED) is 0.665. The highest BCUT2D eigenvalue weighted by Gasteiger charge is 2.27. The number of nitrogens with one attached hydrogen (secondary N) is 1. The molecule has 1 atom stereocenters. The molecule has 2 aromatic carbocycles. The van der Waals surface area contributed by atoms with E-state index in [1.54, 1.807) is 11.8 Å². The van der Waals surface area contributed by atoms with Gasteiger partial charge in [-0.3, -0.25) is 4.79 Å². The molecule has 0 radical (unpaired) electrons. The number of aryl methyl sites for hydroxylation is 1. The molecule has 30 heavy (non-hydrogen) atoms. The normalized spacial score (nSPS) is 16.4. The summed E-state index contributed by atoms with van der Waals surface area (Å²) in [6, 6.07) is 17.6. The lowest BCUT2D eigenvalue weighted by atomic mass is 10.0. The van der Waals surface area contributed by atoms with Gasteiger partial charge in [0.15, 0.2) is 0 Å². The van der Waals surface area contributed by atoms with Crippen molar-refractivity contribution < 1.29 is 9.53 Å². The van der Waals surface area contributed by atoms with Gasteiger partial charge in [0.25, 0.3) is 5.91 Å². The molecule has 2 heterocycles. The van der Waals surface area contributed by atoms with Gasteiger partial charge < -0.3 is 15.0 Å². The number of nitrogens with zero attached hydrogens (tertiary/aromatic N) is 3. The first-order chi connectivity index (χ1) is 14.6. The second-order valence-corrected chi connectivity index (χ2v) is 7.79. The van der Waals surface area contributed by atoms with Gasteiger partial charge in [-0.05, 0) is 44.0 Å². The number of hydrogen-bond acceptors (Lipinski definition) is 4. The second kappa shape index (κ2) is 8.79. The van der Waals surface area contributed by atoms with Crippen molar-refractivity contribution in [3.05, 3.63) is 71.0 Å². The highest BCUT2D eigenvalue weighted by Crippen LogP contribution is 2.30. The number of rotatable bonds is 5. The van der Waals surface area contributed by atoms with E-state index in [0.717, 1.165) is 43.1 Å². The van der Waals surface area contributed by atoms with Crippen molar-refractivity contribution in [1.29, 1.82) is 0 Å². The predicted molar refractivity (Wildman–Crippen MR) is 119 cm³/mol. The lowest BCUT2D eigenvalue weighted by Crippen LogP contribution is -2.48. The first-order valence-electron chi connectivity index (χ1n) is 10.1. The summed E-state index contributed by atoms with van der Waals surface area (Å²) in [6.45, 7) is 3.45. The SMILES string of the molecule is COc1ccccc1N1CCCC(NC(=O)c2c(C)nn(-c3ccccc3)c2Cl)C1. The van der Waals surface area contributed by atoms with Crippen molar-refractivity contribution >= 4 is 23.2 Å². The van der Waals surface area contributed by atoms with Gasteiger partial charge in [-0.15, -0.1) is 0 Å². The van der Waals surface area contributed by atoms with E-state index in [1.807, 2.05) is 61.5 Å². The molecule has 1 saturated heterocycles. The lowest BCUT2D eigenvalue weighted by Gasteiger charge is -2.35. The molecule has 6 nitrogen and oxygen atoms in total. The Morgan fingerprint density at radius 1 is 1.17 bits per heavy atom. The Balaban J connectivity index is 1.51. The van der Waals surface area contributed by atoms with Crippen LogP contribution >= 0.6 is 11.6 Å². The third-order valence-electron chi connectivity index (χ3n) is 5.41. The molecule has 4 rings (SSSR count). The molecule has 1 aliphatic heterocycles. The Bertz CT molecular complexity index is 1030. The van der Waals surface area contributed by atoms with Gasteiger partial charge in [0, 0.05) is 19.1 Å². The van der Waals surface area contributed by atoms with Crippen molar-refractivity contribution in [1.82, 2.24) is 15.1 Å². The van der Waals surface area contributed by atoms with Crippen molar-refractivity contribution in [2.24, 2.45) is 0 Å². The number of ether oxygens (including phenoxy) is 1. The van der Waals surface area contributed by atoms with Crippen LogP contribution in [-0.2, 0) is 0 Å². The Morgan fingerprint density at radius 3 is 2.67 bits per heavy atom. The molecular weight excluding hydrogens is 400 g/mol. The maximum Gasteiger partial charge on any atom is 0.256 e. The summed E-state index contributed by atoms with van der Waals surface area (Å²) in [5.41, 5.74) is 2.91. The smallest absolute Gasteiger partial charge is 0.256 e. The Hall–Kier alpha value is -2.99. The summed E-state index contributed by atoms with van der Waals surface area (Å²) < 4.78 is 7.11. The van der Waals surface area contributed by atoms with E-state index in [2.05, 4.69) is 15.3 Å². The van der Waals surface area contributed by atoms with Gasteiger partial charge in [0.1, 0.15) is 10.9 Å². The number of anilines is 1. The maximum atomic E-state index is 13.1. The summed E-state index contributed by atoms with van der Waals surface area (Å²) in [4.78, 5) is 15.3. The van der Waals surface area contributed by atoms with Crippen LogP contribution in [0, 0.1) is 6.92 Å². The molecule has 156 valence electrons. The minimum atomic E-state index is -0.188. The van der Waals surface area contributed by atoms with Crippen LogP contribution in [0.4, 0.5) is 5.69 Å². The van der Waals surface area contributed by atoms with Gasteiger partial charge in [-0.2, -0.15) is 5.10 Å². The monoisotopic (exact) mass is 424 g/mol. The Morgan fingerprint density at radius 2 is 1.90 bits per heavy atom. The number of para-hydroxylation sites is 3. The largest absolute Gasteiger partial charge is 0.495 e. The van der Waals surface area contributed by atoms with Crippen LogP contribution in [0.2, 0.25) is 5.15 Å². The number of benzene rings is 2. The first kappa shape index (κ1) is 20.3. The van der Waals surface area contributed by atoms with Gasteiger partial charge in [-0.1, -0.05) is 41.9 Å². The predicted octanol–water partition coefficient (Wildman–Crippen LogP) is 4.24. The third kappa shape index (κ3) is 4.00. The van der Waals surface area contributed by atoms with E-state index in [4.69, 9.17) is 16.3 Å². The highest BCUT2D eigenvalue weighted by molar-refractivity contribution is 6.33. The molecule has 1 fully saturated rings. The molecule has 7 heteroatoms. The Labute approximate surface area is 181 Å². The van der Waals surface area contributed by atoms with Crippen molar-refractivity contribution in [3.63, 3.8) is 0 Å². The van der Waals surface area contributed by atoms with E-state index in [0.29, 0.717) is 16.4 Å². The van der Waals surface area contributed by atoms with Gasteiger partial charge in [-0.25, -0.2) is 4.68 Å². The highest BCUT2D eigenvalue weighted by atomic mass is 35.5. The van der Waals surface area contributed by atoms with Crippen molar-refractivity contribution in [2.75, 3.05) is 25.1 Å². The fraction of sp³-hybridized carbons (Fsp3) is 0.304. The minimum absolute atomic E-state index is 0.0201. The summed E-state index contributed by atoms with van der Waals surface area (Å²) in [6.07, 6.45) is 1.90. The molecule has 1 N–H and O–H groups in total. The zero-order chi connectivity index (χ0) is 21.1. The molecule has 1 unspecified atom stereocenters. The minimum Gasteiger partial charge on any atom is -0.495 e. The third-order valence-corrected chi connectivity index (χ3v) is 5.76. The zero-order valence-corrected chi connectivity index (χ0v) is 17.9. The average Bonchev–Trinajstić information content (AvgIpc) is 3.08. The Kier molecular flexibility index (Phi) is 5.95. The van der Waals surface area contributed by atoms with Gasteiger partial charge in [0.05, 0.1) is 29.7 Å². The van der Waals surface area contributed by atoms with Crippen LogP contribution in [0.3, 0.4) is 0 Å². The van der Waals surface area contributed by atoms with Gasteiger partial charge in [0.2, 0.25) is 0 Å². The van der Waals surface area contributed by atoms with E-state index in [9.17, 15) is 4.79 Å². The molecule has 1 aromatic heterocycles. The number of methoxy groups -OCH3 is 1. The molecule has 0 bridgehead atoms. The van der Waals surface area contributed by atoms with Gasteiger partial charge >= 0.3 is 0 Å². The number of piperidine rings is 1. The number of carbonyl (C=O) groups is 1. The molecule has 1 aliphatic rings. The lowest BCUT2D eigenvalue weighted by molar-refractivity contribution is 0.0932. The summed E-state index contributed by atoms with van der Waals surface area (Å²) in [5, 5.41) is 7.96. The number of carbonyl (C=O) groups excluding carboxylic acids is 1. The summed E-state index contributed by atoms with van der Waals surface area (Å²) in [5.74, 6) is 0.652. The number of amides is 1. The van der Waals surface area contributed by atoms with Crippen LogP contribution in [0.15, 0.2) is 54.6 Å². The molecule has 0 spiro atoms. The van der Waals surface area contributed by atoms with E-state index in [-0.39, 0.29) is 11.9 Å². The van der Waals surface area contributed by atoms with Crippen LogP contribution < -0.4 is 15.0 Å². The van der Waals surface area contributed by atoms with E-state index in [1.165, 1.54) is 0 Å². The van der Waals surface area contributed by atoms with Crippen LogP contribution in [0.5, 0.6) is 5.75 Å². The molecule has 1 amide bonds. The van der Waals surface area contributed by atoms with E-state index >= 15 is 0 Å². The fourth-order valence-corrected chi connectivity index (χ4v) is 4.32. The second-order valence-electron chi connectivity index (χ2n) is 7.43. The molecular formula is C23H25ClN4O2. The van der Waals surface area contributed by atoms with E-state index < -0.39 is 0 Å². The standard InChI is InChI=1S/C23H25ClN4O2/c1-16-21(22(24)28(26-16)18-10-4-3-5-11-18)23(29)25-17-9-8-14-27(15-17)19-12-6-7-13-20(19)30-2/h3-7,10-13,17H,8-9,14-15H2,1-2H3,(H,25,29). The van der Waals surface area contributed by atoms with Crippen molar-refractivity contribution in [2.45, 2.75) is 25.8 Å². The zero-order valence-electron chi connectivity index (χ0n) is 17.1. The molecule has 0 saturated carbocycles. The van der Waals surface area contributed by atoms with Crippen molar-refractivity contribution in [3.8, 4) is 11.4 Å². The van der Waals surface area contributed by atoms with Crippen LogP contribution in [0.1, 0.15) is 28.9 Å². The number of halogens is 1. The average molecular weight is 425 g/mol. The number of aromatic nitrogens is 2. The summed E-state index contributed by atoms with van der Waals surface area (Å²) in [7, 11) is 1.68. The van der Waals surface area contributed by atoms with Crippen LogP contribution in [-0.4, -0.2) is 41.9 Å². The first-order valence-corrected chi connectivity index (χ1v) is 10.5. The number of hydrogen-bond donors (Lipinski definition) is 1. The fourth-order valence-electron chi connectivity index (χ4n) is 3.96. The molecule has 0 aliphatic carbocycles. The van der Waals surface area contributed by atoms with Crippen LogP contribution in [0.25, 0.3) is 5.69 Å². The maximum absolute atomic E-state index is 13.1. The topological polar surface area (TPSA) is 59.4 Å².